The van der Waals surface area contributed by atoms with Crippen LogP contribution in [0.25, 0.3) is 11.0 Å². The monoisotopic (exact) mass is 288 g/mol. The van der Waals surface area contributed by atoms with Gasteiger partial charge in [0.15, 0.2) is 0 Å². The predicted octanol–water partition coefficient (Wildman–Crippen LogP) is 3.53. The van der Waals surface area contributed by atoms with Crippen molar-refractivity contribution in [2.45, 2.75) is 51.4 Å². The molecular formula is C17H24N2O2. The second kappa shape index (κ2) is 4.83. The van der Waals surface area contributed by atoms with Gasteiger partial charge in [0.1, 0.15) is 5.58 Å². The smallest absolute Gasteiger partial charge is 0.134 e. The van der Waals surface area contributed by atoms with Crippen LogP contribution in [-0.2, 0) is 4.74 Å². The molecule has 1 aliphatic rings. The number of benzene rings is 1. The Morgan fingerprint density at radius 3 is 2.57 bits per heavy atom. The summed E-state index contributed by atoms with van der Waals surface area (Å²) in [6.07, 6.45) is 2.77. The summed E-state index contributed by atoms with van der Waals surface area (Å²) in [4.78, 5) is 0. The highest BCUT2D eigenvalue weighted by atomic mass is 16.5. The molecular weight excluding hydrogens is 264 g/mol. The molecule has 1 aromatic carbocycles. The van der Waals surface area contributed by atoms with Crippen LogP contribution in [-0.4, -0.2) is 11.2 Å². The summed E-state index contributed by atoms with van der Waals surface area (Å²) < 4.78 is 11.9. The van der Waals surface area contributed by atoms with Crippen molar-refractivity contribution in [1.82, 2.24) is 5.43 Å². The van der Waals surface area contributed by atoms with Gasteiger partial charge in [0, 0.05) is 16.9 Å². The molecule has 4 heteroatoms. The molecule has 0 bridgehead atoms. The highest BCUT2D eigenvalue weighted by Crippen LogP contribution is 2.48. The summed E-state index contributed by atoms with van der Waals surface area (Å²) in [7, 11) is 0. The van der Waals surface area contributed by atoms with E-state index < -0.39 is 0 Å². The van der Waals surface area contributed by atoms with Crippen LogP contribution in [0.2, 0.25) is 0 Å². The number of rotatable bonds is 3. The van der Waals surface area contributed by atoms with Crippen molar-refractivity contribution in [3.63, 3.8) is 0 Å². The van der Waals surface area contributed by atoms with Gasteiger partial charge < -0.3 is 9.15 Å². The second-order valence-corrected chi connectivity index (χ2v) is 7.11. The lowest BCUT2D eigenvalue weighted by molar-refractivity contribution is -0.0778. The maximum Gasteiger partial charge on any atom is 0.134 e. The Morgan fingerprint density at radius 2 is 1.95 bits per heavy atom. The topological polar surface area (TPSA) is 60.4 Å². The lowest BCUT2D eigenvalue weighted by atomic mass is 9.79. The largest absolute Gasteiger partial charge is 0.464 e. The third-order valence-corrected chi connectivity index (χ3v) is 4.57. The fraction of sp³-hybridized carbons (Fsp3) is 0.529. The van der Waals surface area contributed by atoms with Crippen LogP contribution in [0.4, 0.5) is 0 Å². The molecule has 0 spiro atoms. The number of furan rings is 1. The van der Waals surface area contributed by atoms with Crippen LogP contribution >= 0.6 is 0 Å². The van der Waals surface area contributed by atoms with E-state index in [1.807, 2.05) is 24.5 Å². The first-order valence-corrected chi connectivity index (χ1v) is 7.46. The van der Waals surface area contributed by atoms with E-state index in [9.17, 15) is 0 Å². The number of hydrogen-bond donors (Lipinski definition) is 2. The third kappa shape index (κ3) is 2.48. The van der Waals surface area contributed by atoms with Crippen molar-refractivity contribution in [2.24, 2.45) is 11.8 Å². The van der Waals surface area contributed by atoms with Gasteiger partial charge in [-0.1, -0.05) is 18.2 Å². The number of para-hydroxylation sites is 1. The highest BCUT2D eigenvalue weighted by molar-refractivity contribution is 5.81. The molecule has 1 saturated heterocycles. The number of hydrogen-bond acceptors (Lipinski definition) is 4. The zero-order valence-electron chi connectivity index (χ0n) is 13.1. The fourth-order valence-electron chi connectivity index (χ4n) is 3.79. The summed E-state index contributed by atoms with van der Waals surface area (Å²) in [5.74, 6) is 6.17. The Kier molecular flexibility index (Phi) is 3.35. The molecule has 3 rings (SSSR count). The Morgan fingerprint density at radius 1 is 1.24 bits per heavy atom. The van der Waals surface area contributed by atoms with E-state index in [1.54, 1.807) is 0 Å². The molecule has 0 amide bonds. The van der Waals surface area contributed by atoms with Crippen molar-refractivity contribution in [3.05, 3.63) is 36.1 Å². The van der Waals surface area contributed by atoms with Crippen molar-refractivity contribution in [3.8, 4) is 0 Å². The molecule has 2 aromatic rings. The second-order valence-electron chi connectivity index (χ2n) is 7.11. The molecule has 1 fully saturated rings. The number of fused-ring (bicyclic) bond motifs is 1. The third-order valence-electron chi connectivity index (χ3n) is 4.57. The van der Waals surface area contributed by atoms with E-state index >= 15 is 0 Å². The molecule has 114 valence electrons. The maximum atomic E-state index is 6.22. The van der Waals surface area contributed by atoms with E-state index in [4.69, 9.17) is 15.0 Å². The minimum atomic E-state index is -0.237. The van der Waals surface area contributed by atoms with Gasteiger partial charge in [-0.2, -0.15) is 0 Å². The summed E-state index contributed by atoms with van der Waals surface area (Å²) in [5, 5.41) is 1.11. The van der Waals surface area contributed by atoms with Crippen molar-refractivity contribution < 1.29 is 9.15 Å². The molecule has 1 aromatic heterocycles. The fourth-order valence-corrected chi connectivity index (χ4v) is 3.79. The van der Waals surface area contributed by atoms with Gasteiger partial charge in [0.25, 0.3) is 0 Å². The van der Waals surface area contributed by atoms with E-state index in [1.165, 1.54) is 0 Å². The van der Waals surface area contributed by atoms with Crippen LogP contribution < -0.4 is 11.3 Å². The zero-order valence-corrected chi connectivity index (χ0v) is 13.1. The first-order valence-electron chi connectivity index (χ1n) is 7.46. The van der Waals surface area contributed by atoms with E-state index in [0.29, 0.717) is 0 Å². The van der Waals surface area contributed by atoms with Gasteiger partial charge >= 0.3 is 0 Å². The maximum absolute atomic E-state index is 6.22. The SMILES string of the molecule is CC1(C)CC(C(NN)c2coc3ccccc23)C(C)(C)O1. The number of nitrogens with two attached hydrogens (primary N) is 1. The quantitative estimate of drug-likeness (QED) is 0.670. The molecule has 2 unspecified atom stereocenters. The lowest BCUT2D eigenvalue weighted by Crippen LogP contribution is -2.41. The Balaban J connectivity index is 2.03. The normalized spacial score (nSPS) is 25.3. The molecule has 2 atom stereocenters. The van der Waals surface area contributed by atoms with Crippen molar-refractivity contribution in [2.75, 3.05) is 0 Å². The molecule has 2 heterocycles. The summed E-state index contributed by atoms with van der Waals surface area (Å²) in [5.41, 5.74) is 4.62. The molecule has 0 saturated carbocycles. The number of hydrazine groups is 1. The van der Waals surface area contributed by atoms with Crippen molar-refractivity contribution in [1.29, 1.82) is 0 Å². The van der Waals surface area contributed by atoms with Gasteiger partial charge in [0.05, 0.1) is 23.5 Å². The summed E-state index contributed by atoms with van der Waals surface area (Å²) in [6, 6.07) is 8.06. The summed E-state index contributed by atoms with van der Waals surface area (Å²) >= 11 is 0. The van der Waals surface area contributed by atoms with Crippen LogP contribution in [0.15, 0.2) is 34.9 Å². The average molecular weight is 288 g/mol. The Bertz CT molecular complexity index is 645. The molecule has 3 N–H and O–H groups in total. The first kappa shape index (κ1) is 14.6. The molecule has 4 nitrogen and oxygen atoms in total. The summed E-state index contributed by atoms with van der Waals surface area (Å²) in [6.45, 7) is 8.55. The molecule has 1 aliphatic heterocycles. The van der Waals surface area contributed by atoms with E-state index in [-0.39, 0.29) is 23.2 Å². The van der Waals surface area contributed by atoms with Crippen LogP contribution in [0.5, 0.6) is 0 Å². The van der Waals surface area contributed by atoms with Crippen LogP contribution in [0.3, 0.4) is 0 Å². The van der Waals surface area contributed by atoms with E-state index in [0.717, 1.165) is 23.0 Å². The predicted molar refractivity (Wildman–Crippen MR) is 83.6 cm³/mol. The van der Waals surface area contributed by atoms with Crippen molar-refractivity contribution >= 4 is 11.0 Å². The number of ether oxygens (including phenoxy) is 1. The lowest BCUT2D eigenvalue weighted by Gasteiger charge is -2.32. The highest BCUT2D eigenvalue weighted by Gasteiger charge is 2.49. The van der Waals surface area contributed by atoms with Gasteiger partial charge in [0.2, 0.25) is 0 Å². The van der Waals surface area contributed by atoms with Crippen LogP contribution in [0.1, 0.15) is 45.7 Å². The molecule has 0 radical (unpaired) electrons. The van der Waals surface area contributed by atoms with E-state index in [2.05, 4.69) is 39.2 Å². The number of nitrogens with one attached hydrogen (secondary N) is 1. The van der Waals surface area contributed by atoms with Gasteiger partial charge in [-0.05, 0) is 40.2 Å². The Hall–Kier alpha value is -1.36. The van der Waals surface area contributed by atoms with Crippen LogP contribution in [0, 0.1) is 5.92 Å². The standard InChI is InChI=1S/C17H24N2O2/c1-16(2)9-13(17(3,4)21-16)15(19-18)12-10-20-14-8-6-5-7-11(12)14/h5-8,10,13,15,19H,9,18H2,1-4H3. The molecule has 21 heavy (non-hydrogen) atoms. The first-order chi connectivity index (χ1) is 9.84. The minimum absolute atomic E-state index is 0.00502. The minimum Gasteiger partial charge on any atom is -0.464 e. The average Bonchev–Trinajstić information content (AvgIpc) is 2.90. The van der Waals surface area contributed by atoms with Gasteiger partial charge in [-0.3, -0.25) is 11.3 Å². The van der Waals surface area contributed by atoms with Gasteiger partial charge in [-0.15, -0.1) is 0 Å². The molecule has 0 aliphatic carbocycles. The zero-order chi connectivity index (χ0) is 15.3. The van der Waals surface area contributed by atoms with Gasteiger partial charge in [-0.25, -0.2) is 0 Å². The Labute approximate surface area is 125 Å².